The Kier molecular flexibility index (Phi) is 5.17. The van der Waals surface area contributed by atoms with Gasteiger partial charge in [-0.1, -0.05) is 0 Å². The van der Waals surface area contributed by atoms with Crippen LogP contribution in [0, 0.1) is 5.92 Å². The summed E-state index contributed by atoms with van der Waals surface area (Å²) in [6.07, 6.45) is 4.21. The Morgan fingerprint density at radius 2 is 2.00 bits per heavy atom. The zero-order valence-corrected chi connectivity index (χ0v) is 15.5. The first-order valence-electron chi connectivity index (χ1n) is 9.23. The SMILES string of the molecule is CN=C(NCC1CCCN1C)N1CCC(C2(C)NC(=O)NC2=O)CC1. The van der Waals surface area contributed by atoms with Crippen molar-refractivity contribution in [1.82, 2.24) is 25.8 Å². The highest BCUT2D eigenvalue weighted by molar-refractivity contribution is 6.07. The number of carbonyl (C=O) groups is 2. The molecule has 3 fully saturated rings. The van der Waals surface area contributed by atoms with Crippen molar-refractivity contribution in [1.29, 1.82) is 0 Å². The van der Waals surface area contributed by atoms with E-state index in [1.165, 1.54) is 19.4 Å². The van der Waals surface area contributed by atoms with Gasteiger partial charge < -0.3 is 20.4 Å². The molecule has 25 heavy (non-hydrogen) atoms. The van der Waals surface area contributed by atoms with Crippen LogP contribution in [0.15, 0.2) is 4.99 Å². The van der Waals surface area contributed by atoms with Crippen molar-refractivity contribution in [2.45, 2.75) is 44.2 Å². The number of urea groups is 1. The number of hydrogen-bond acceptors (Lipinski definition) is 4. The molecule has 8 heteroatoms. The zero-order chi connectivity index (χ0) is 18.0. The van der Waals surface area contributed by atoms with Crippen molar-refractivity contribution >= 4 is 17.9 Å². The highest BCUT2D eigenvalue weighted by Crippen LogP contribution is 2.30. The van der Waals surface area contributed by atoms with Gasteiger partial charge in [-0.3, -0.25) is 15.1 Å². The second kappa shape index (κ2) is 7.19. The molecule has 0 radical (unpaired) electrons. The lowest BCUT2D eigenvalue weighted by atomic mass is 9.79. The number of amides is 3. The summed E-state index contributed by atoms with van der Waals surface area (Å²) in [5, 5.41) is 8.67. The second-order valence-electron chi connectivity index (χ2n) is 7.58. The molecule has 3 aliphatic rings. The molecule has 0 saturated carbocycles. The molecule has 0 bridgehead atoms. The Bertz CT molecular complexity index is 557. The molecular formula is C17H30N6O2. The molecule has 0 aromatic rings. The number of nitrogens with one attached hydrogen (secondary N) is 3. The summed E-state index contributed by atoms with van der Waals surface area (Å²) in [4.78, 5) is 32.7. The number of likely N-dealkylation sites (tertiary alicyclic amines) is 2. The minimum atomic E-state index is -0.785. The van der Waals surface area contributed by atoms with Crippen LogP contribution >= 0.6 is 0 Å². The summed E-state index contributed by atoms with van der Waals surface area (Å²) in [6, 6.07) is 0.193. The Labute approximate surface area is 149 Å². The number of likely N-dealkylation sites (N-methyl/N-ethyl adjacent to an activating group) is 1. The molecule has 0 aromatic carbocycles. The van der Waals surface area contributed by atoms with Crippen LogP contribution in [0.3, 0.4) is 0 Å². The standard InChI is InChI=1S/C17H30N6O2/c1-17(14(24)20-16(25)21-17)12-6-9-23(10-7-12)15(18-2)19-11-13-5-4-8-22(13)3/h12-13H,4-11H2,1-3H3,(H,18,19)(H2,20,21,24,25). The average Bonchev–Trinajstić information content (AvgIpc) is 3.12. The molecule has 0 spiro atoms. The van der Waals surface area contributed by atoms with Crippen molar-refractivity contribution in [3.05, 3.63) is 0 Å². The Hall–Kier alpha value is -1.83. The third-order valence-corrected chi connectivity index (χ3v) is 6.06. The summed E-state index contributed by atoms with van der Waals surface area (Å²) in [5.74, 6) is 0.876. The molecule has 3 saturated heterocycles. The van der Waals surface area contributed by atoms with Crippen LogP contribution in [0.25, 0.3) is 0 Å². The van der Waals surface area contributed by atoms with Crippen LogP contribution in [0.2, 0.25) is 0 Å². The van der Waals surface area contributed by atoms with Gasteiger partial charge in [0.05, 0.1) is 0 Å². The van der Waals surface area contributed by atoms with Crippen LogP contribution in [-0.2, 0) is 4.79 Å². The fraction of sp³-hybridized carbons (Fsp3) is 0.824. The first-order chi connectivity index (χ1) is 11.9. The molecule has 3 rings (SSSR count). The molecular weight excluding hydrogens is 320 g/mol. The Morgan fingerprint density at radius 1 is 1.28 bits per heavy atom. The first kappa shape index (κ1) is 18.0. The molecule has 140 valence electrons. The molecule has 0 aromatic heterocycles. The Morgan fingerprint density at radius 3 is 2.52 bits per heavy atom. The van der Waals surface area contributed by atoms with Crippen LogP contribution in [0.5, 0.6) is 0 Å². The van der Waals surface area contributed by atoms with Gasteiger partial charge in [0.2, 0.25) is 0 Å². The van der Waals surface area contributed by atoms with E-state index >= 15 is 0 Å². The number of nitrogens with zero attached hydrogens (tertiary/aromatic N) is 3. The van der Waals surface area contributed by atoms with E-state index in [1.54, 1.807) is 0 Å². The number of hydrogen-bond donors (Lipinski definition) is 3. The van der Waals surface area contributed by atoms with E-state index < -0.39 is 5.54 Å². The molecule has 3 heterocycles. The molecule has 3 amide bonds. The van der Waals surface area contributed by atoms with Crippen molar-refractivity contribution in [3.8, 4) is 0 Å². The predicted molar refractivity (Wildman–Crippen MR) is 96.4 cm³/mol. The molecule has 2 unspecified atom stereocenters. The second-order valence-corrected chi connectivity index (χ2v) is 7.58. The number of rotatable bonds is 3. The van der Waals surface area contributed by atoms with Crippen molar-refractivity contribution < 1.29 is 9.59 Å². The molecule has 2 atom stereocenters. The van der Waals surface area contributed by atoms with E-state index in [0.29, 0.717) is 6.04 Å². The van der Waals surface area contributed by atoms with Gasteiger partial charge in [-0.05, 0) is 52.1 Å². The minimum absolute atomic E-state index is 0.147. The average molecular weight is 350 g/mol. The number of imide groups is 1. The largest absolute Gasteiger partial charge is 0.355 e. The quantitative estimate of drug-likeness (QED) is 0.378. The van der Waals surface area contributed by atoms with E-state index in [4.69, 9.17) is 0 Å². The lowest BCUT2D eigenvalue weighted by Crippen LogP contribution is -2.56. The van der Waals surface area contributed by atoms with Crippen LogP contribution < -0.4 is 16.0 Å². The fourth-order valence-electron chi connectivity index (χ4n) is 4.29. The van der Waals surface area contributed by atoms with E-state index in [-0.39, 0.29) is 17.9 Å². The number of piperidine rings is 1. The van der Waals surface area contributed by atoms with E-state index in [1.807, 2.05) is 14.0 Å². The normalized spacial score (nSPS) is 32.0. The van der Waals surface area contributed by atoms with Crippen molar-refractivity contribution in [3.63, 3.8) is 0 Å². The van der Waals surface area contributed by atoms with Gasteiger partial charge >= 0.3 is 6.03 Å². The third kappa shape index (κ3) is 3.58. The summed E-state index contributed by atoms with van der Waals surface area (Å²) in [7, 11) is 3.99. The highest BCUT2D eigenvalue weighted by Gasteiger charge is 2.48. The van der Waals surface area contributed by atoms with Gasteiger partial charge in [-0.15, -0.1) is 0 Å². The number of aliphatic imine (C=N–C) groups is 1. The number of carbonyl (C=O) groups excluding carboxylic acids is 2. The lowest BCUT2D eigenvalue weighted by Gasteiger charge is -2.40. The van der Waals surface area contributed by atoms with Crippen LogP contribution in [-0.4, -0.2) is 79.6 Å². The minimum Gasteiger partial charge on any atom is -0.355 e. The van der Waals surface area contributed by atoms with Gasteiger partial charge in [-0.25, -0.2) is 4.79 Å². The summed E-state index contributed by atoms with van der Waals surface area (Å²) in [6.45, 7) is 5.59. The van der Waals surface area contributed by atoms with Gasteiger partial charge in [0.1, 0.15) is 5.54 Å². The molecule has 3 N–H and O–H groups in total. The van der Waals surface area contributed by atoms with Crippen LogP contribution in [0.4, 0.5) is 4.79 Å². The molecule has 8 nitrogen and oxygen atoms in total. The van der Waals surface area contributed by atoms with Gasteiger partial charge in [0.15, 0.2) is 5.96 Å². The fourth-order valence-corrected chi connectivity index (χ4v) is 4.29. The van der Waals surface area contributed by atoms with Crippen molar-refractivity contribution in [2.24, 2.45) is 10.9 Å². The van der Waals surface area contributed by atoms with E-state index in [9.17, 15) is 9.59 Å². The topological polar surface area (TPSA) is 89.1 Å². The van der Waals surface area contributed by atoms with Gasteiger partial charge in [-0.2, -0.15) is 0 Å². The summed E-state index contributed by atoms with van der Waals surface area (Å²) in [5.41, 5.74) is -0.785. The maximum atomic E-state index is 12.1. The monoisotopic (exact) mass is 350 g/mol. The summed E-state index contributed by atoms with van der Waals surface area (Å²) < 4.78 is 0. The van der Waals surface area contributed by atoms with Gasteiger partial charge in [0.25, 0.3) is 5.91 Å². The molecule has 3 aliphatic heterocycles. The molecule has 0 aliphatic carbocycles. The maximum Gasteiger partial charge on any atom is 0.322 e. The summed E-state index contributed by atoms with van der Waals surface area (Å²) >= 11 is 0. The smallest absolute Gasteiger partial charge is 0.322 e. The highest BCUT2D eigenvalue weighted by atomic mass is 16.2. The van der Waals surface area contributed by atoms with Crippen molar-refractivity contribution in [2.75, 3.05) is 40.3 Å². The van der Waals surface area contributed by atoms with Crippen LogP contribution in [0.1, 0.15) is 32.6 Å². The first-order valence-corrected chi connectivity index (χ1v) is 9.23. The Balaban J connectivity index is 1.52. The van der Waals surface area contributed by atoms with E-state index in [2.05, 4.69) is 37.8 Å². The van der Waals surface area contributed by atoms with E-state index in [0.717, 1.165) is 38.4 Å². The lowest BCUT2D eigenvalue weighted by molar-refractivity contribution is -0.125. The predicted octanol–water partition coefficient (Wildman–Crippen LogP) is -0.0339. The maximum absolute atomic E-state index is 12.1. The third-order valence-electron chi connectivity index (χ3n) is 6.06. The van der Waals surface area contributed by atoms with Gasteiger partial charge in [0, 0.05) is 32.7 Å². The zero-order valence-electron chi connectivity index (χ0n) is 15.5. The number of guanidine groups is 1.